The maximum absolute atomic E-state index is 5.79. The second kappa shape index (κ2) is 5.95. The lowest BCUT2D eigenvalue weighted by molar-refractivity contribution is 0.459. The lowest BCUT2D eigenvalue weighted by atomic mass is 10.2. The van der Waals surface area contributed by atoms with Crippen LogP contribution in [0.4, 0.5) is 11.4 Å². The summed E-state index contributed by atoms with van der Waals surface area (Å²) in [4.78, 5) is 0. The molecule has 97 valence electrons. The molecule has 0 spiro atoms. The number of anilines is 2. The summed E-state index contributed by atoms with van der Waals surface area (Å²) in [6.07, 6.45) is 0. The van der Waals surface area contributed by atoms with Crippen LogP contribution in [-0.2, 0) is 0 Å². The van der Waals surface area contributed by atoms with Crippen molar-refractivity contribution in [2.75, 3.05) is 11.5 Å². The summed E-state index contributed by atoms with van der Waals surface area (Å²) in [5.41, 5.74) is 12.2. The van der Waals surface area contributed by atoms with Crippen molar-refractivity contribution >= 4 is 42.3 Å². The molecule has 2 aromatic carbocycles. The maximum Gasteiger partial charge on any atom is 0.658 e. The molecule has 2 rings (SSSR count). The first-order chi connectivity index (χ1) is 9.06. The van der Waals surface area contributed by atoms with Crippen molar-refractivity contribution in [1.82, 2.24) is 0 Å². The van der Waals surface area contributed by atoms with Gasteiger partial charge in [0.1, 0.15) is 11.5 Å². The fraction of sp³-hybridized carbons (Fsp3) is 0. The average molecular weight is 296 g/mol. The summed E-state index contributed by atoms with van der Waals surface area (Å²) < 4.78 is 10.5. The van der Waals surface area contributed by atoms with Gasteiger partial charge in [-0.1, -0.05) is 23.2 Å². The molecule has 0 bridgehead atoms. The van der Waals surface area contributed by atoms with Gasteiger partial charge in [0, 0.05) is 12.1 Å². The molecule has 0 unspecified atom stereocenters. The number of benzene rings is 2. The van der Waals surface area contributed by atoms with E-state index in [1.165, 1.54) is 7.69 Å². The normalized spacial score (nSPS) is 10.0. The highest BCUT2D eigenvalue weighted by Gasteiger charge is 2.05. The summed E-state index contributed by atoms with van der Waals surface area (Å²) in [6.45, 7) is 0. The van der Waals surface area contributed by atoms with Crippen LogP contribution in [0.1, 0.15) is 0 Å². The maximum atomic E-state index is 5.79. The molecule has 0 heterocycles. The molecule has 4 N–H and O–H groups in total. The summed E-state index contributed by atoms with van der Waals surface area (Å²) in [7, 11) is 1.17. The molecule has 0 aliphatic rings. The predicted molar refractivity (Wildman–Crippen MR) is 78.7 cm³/mol. The van der Waals surface area contributed by atoms with E-state index in [-0.39, 0.29) is 0 Å². The Morgan fingerprint density at radius 2 is 1.21 bits per heavy atom. The Hall–Kier alpha value is -1.72. The highest BCUT2D eigenvalue weighted by atomic mass is 35.5. The molecular weight excluding hydrogens is 286 g/mol. The molecule has 1 radical (unpaired) electrons. The first-order valence-corrected chi connectivity index (χ1v) is 6.07. The van der Waals surface area contributed by atoms with Crippen LogP contribution >= 0.6 is 23.2 Å². The molecule has 2 aromatic rings. The Kier molecular flexibility index (Phi) is 4.29. The van der Waals surface area contributed by atoms with Crippen LogP contribution in [0.5, 0.6) is 11.5 Å². The van der Waals surface area contributed by atoms with Gasteiger partial charge in [0.25, 0.3) is 0 Å². The Morgan fingerprint density at radius 1 is 0.789 bits per heavy atom. The van der Waals surface area contributed by atoms with Crippen molar-refractivity contribution in [3.05, 3.63) is 46.4 Å². The van der Waals surface area contributed by atoms with E-state index in [0.717, 1.165) is 0 Å². The average Bonchev–Trinajstić information content (AvgIpc) is 2.38. The number of rotatable bonds is 4. The van der Waals surface area contributed by atoms with E-state index < -0.39 is 0 Å². The first-order valence-electron chi connectivity index (χ1n) is 5.31. The van der Waals surface area contributed by atoms with E-state index >= 15 is 0 Å². The Bertz CT molecular complexity index is 544. The Balaban J connectivity index is 1.92. The number of hydrogen-bond acceptors (Lipinski definition) is 4. The van der Waals surface area contributed by atoms with Gasteiger partial charge in [-0.25, -0.2) is 0 Å². The number of nitrogen functional groups attached to an aromatic ring is 2. The van der Waals surface area contributed by atoms with Gasteiger partial charge in [-0.2, -0.15) is 0 Å². The van der Waals surface area contributed by atoms with Crippen LogP contribution in [0.15, 0.2) is 36.4 Å². The molecule has 19 heavy (non-hydrogen) atoms. The van der Waals surface area contributed by atoms with E-state index in [9.17, 15) is 0 Å². The number of hydrogen-bond donors (Lipinski definition) is 2. The highest BCUT2D eigenvalue weighted by Crippen LogP contribution is 2.25. The molecule has 0 fully saturated rings. The fourth-order valence-corrected chi connectivity index (χ4v) is 1.56. The van der Waals surface area contributed by atoms with E-state index in [1.807, 2.05) is 0 Å². The van der Waals surface area contributed by atoms with Crippen LogP contribution in [0.25, 0.3) is 0 Å². The van der Waals surface area contributed by atoms with Crippen molar-refractivity contribution in [2.24, 2.45) is 0 Å². The Labute approximate surface area is 121 Å². The second-order valence-electron chi connectivity index (χ2n) is 3.70. The minimum absolute atomic E-state index is 0.434. The van der Waals surface area contributed by atoms with Crippen LogP contribution < -0.4 is 20.8 Å². The lowest BCUT2D eigenvalue weighted by Crippen LogP contribution is -2.11. The summed E-state index contributed by atoms with van der Waals surface area (Å²) >= 11 is 11.6. The second-order valence-corrected chi connectivity index (χ2v) is 4.51. The van der Waals surface area contributed by atoms with Crippen LogP contribution in [-0.4, -0.2) is 7.69 Å². The van der Waals surface area contributed by atoms with Crippen molar-refractivity contribution in [2.45, 2.75) is 0 Å². The molecule has 0 saturated heterocycles. The van der Waals surface area contributed by atoms with Gasteiger partial charge in [0.2, 0.25) is 0 Å². The van der Waals surface area contributed by atoms with Crippen LogP contribution in [0.2, 0.25) is 10.0 Å². The zero-order chi connectivity index (χ0) is 13.8. The molecule has 7 heteroatoms. The smallest absolute Gasteiger partial charge is 0.526 e. The minimum Gasteiger partial charge on any atom is -0.526 e. The third-order valence-corrected chi connectivity index (χ3v) is 2.99. The molecule has 0 aliphatic carbocycles. The van der Waals surface area contributed by atoms with Gasteiger partial charge in [-0.15, -0.1) is 0 Å². The largest absolute Gasteiger partial charge is 0.658 e. The van der Waals surface area contributed by atoms with Crippen molar-refractivity contribution in [3.8, 4) is 11.5 Å². The van der Waals surface area contributed by atoms with Crippen LogP contribution in [0, 0.1) is 0 Å². The van der Waals surface area contributed by atoms with Crippen molar-refractivity contribution < 1.29 is 9.31 Å². The van der Waals surface area contributed by atoms with Gasteiger partial charge in [-0.05, 0) is 24.3 Å². The number of nitrogens with two attached hydrogens (primary N) is 2. The molecular formula is C12H10BCl2N2O2. The lowest BCUT2D eigenvalue weighted by Gasteiger charge is -2.08. The SMILES string of the molecule is Nc1cc(O[B]Oc2ccc(Cl)c(N)c2)ccc1Cl. The summed E-state index contributed by atoms with van der Waals surface area (Å²) in [5.74, 6) is 1.03. The monoisotopic (exact) mass is 295 g/mol. The number of halogens is 2. The van der Waals surface area contributed by atoms with Crippen molar-refractivity contribution in [3.63, 3.8) is 0 Å². The Morgan fingerprint density at radius 3 is 1.58 bits per heavy atom. The first kappa shape index (κ1) is 13.7. The quantitative estimate of drug-likeness (QED) is 0.671. The zero-order valence-electron chi connectivity index (χ0n) is 9.77. The molecule has 0 atom stereocenters. The third kappa shape index (κ3) is 3.62. The summed E-state index contributed by atoms with van der Waals surface area (Å²) in [6, 6.07) is 9.82. The molecule has 0 aliphatic heterocycles. The van der Waals surface area contributed by atoms with Crippen LogP contribution in [0.3, 0.4) is 0 Å². The fourth-order valence-electron chi connectivity index (χ4n) is 1.33. The molecule has 0 aromatic heterocycles. The third-order valence-electron chi connectivity index (χ3n) is 2.30. The topological polar surface area (TPSA) is 70.5 Å². The standard InChI is InChI=1S/C12H10BCl2N2O2/c14-9-3-1-7(5-11(9)16)18-13-19-8-2-4-10(15)12(17)6-8/h1-6H,16-17H2. The van der Waals surface area contributed by atoms with Crippen molar-refractivity contribution in [1.29, 1.82) is 0 Å². The zero-order valence-corrected chi connectivity index (χ0v) is 11.3. The van der Waals surface area contributed by atoms with E-state index in [4.69, 9.17) is 44.0 Å². The van der Waals surface area contributed by atoms with E-state index in [0.29, 0.717) is 32.9 Å². The summed E-state index contributed by atoms with van der Waals surface area (Å²) in [5, 5.41) is 0.942. The van der Waals surface area contributed by atoms with E-state index in [1.54, 1.807) is 36.4 Å². The van der Waals surface area contributed by atoms with Gasteiger partial charge in [-0.3, -0.25) is 0 Å². The molecule has 0 saturated carbocycles. The predicted octanol–water partition coefficient (Wildman–Crippen LogP) is 3.15. The molecule has 0 amide bonds. The van der Waals surface area contributed by atoms with Gasteiger partial charge in [0.15, 0.2) is 0 Å². The van der Waals surface area contributed by atoms with Gasteiger partial charge < -0.3 is 20.8 Å². The van der Waals surface area contributed by atoms with Gasteiger partial charge in [0.05, 0.1) is 21.4 Å². The molecule has 4 nitrogen and oxygen atoms in total. The highest BCUT2D eigenvalue weighted by molar-refractivity contribution is 6.33. The van der Waals surface area contributed by atoms with E-state index in [2.05, 4.69) is 0 Å². The van der Waals surface area contributed by atoms with Gasteiger partial charge >= 0.3 is 7.69 Å². The minimum atomic E-state index is 0.434.